The van der Waals surface area contributed by atoms with Crippen molar-refractivity contribution in [1.82, 2.24) is 0 Å². The van der Waals surface area contributed by atoms with Gasteiger partial charge in [0.1, 0.15) is 5.54 Å². The van der Waals surface area contributed by atoms with Gasteiger partial charge in [-0.3, -0.25) is 0 Å². The Morgan fingerprint density at radius 1 is 1.36 bits per heavy atom. The first-order valence-electron chi connectivity index (χ1n) is 3.99. The van der Waals surface area contributed by atoms with Crippen molar-refractivity contribution in [2.45, 2.75) is 11.2 Å². The molecule has 2 aliphatic carbocycles. The highest BCUT2D eigenvalue weighted by atomic mass is 19.1. The summed E-state index contributed by atoms with van der Waals surface area (Å²) in [4.78, 5) is 21.3. The number of carbonyl (C=O) groups is 2. The largest absolute Gasteiger partial charge is 0.480 e. The van der Waals surface area contributed by atoms with Crippen molar-refractivity contribution < 1.29 is 24.2 Å². The molecule has 4 atom stereocenters. The third-order valence-corrected chi connectivity index (χ3v) is 2.98. The Morgan fingerprint density at radius 2 is 1.93 bits per heavy atom. The van der Waals surface area contributed by atoms with Crippen LogP contribution >= 0.6 is 0 Å². The zero-order valence-electron chi connectivity index (χ0n) is 6.98. The lowest BCUT2D eigenvalue weighted by Crippen LogP contribution is -2.50. The molecule has 0 heterocycles. The van der Waals surface area contributed by atoms with Crippen molar-refractivity contribution in [3.8, 4) is 0 Å². The molecule has 6 heteroatoms. The third kappa shape index (κ3) is 0.724. The SMILES string of the molecule is NC1(C(=O)O)C=CC2C1[C@@]2(F)C(=O)O. The smallest absolute Gasteiger partial charge is 0.342 e. The number of nitrogens with two attached hydrogens (primary N) is 1. The van der Waals surface area contributed by atoms with E-state index < -0.39 is 35.0 Å². The van der Waals surface area contributed by atoms with Crippen LogP contribution in [-0.2, 0) is 9.59 Å². The summed E-state index contributed by atoms with van der Waals surface area (Å²) in [5, 5.41) is 17.3. The standard InChI is InChI=1S/C8H8FNO4/c9-8(6(13)14)3-1-2-7(10,4(3)8)5(11)12/h1-4H,10H2,(H,11,12)(H,13,14)/t3?,4?,7?,8-/m1/s1. The molecule has 0 amide bonds. The monoisotopic (exact) mass is 201 g/mol. The Labute approximate surface area is 78.0 Å². The summed E-state index contributed by atoms with van der Waals surface area (Å²) >= 11 is 0. The van der Waals surface area contributed by atoms with E-state index in [-0.39, 0.29) is 0 Å². The average molecular weight is 201 g/mol. The quantitative estimate of drug-likeness (QED) is 0.517. The maximum atomic E-state index is 13.6. The molecule has 1 fully saturated rings. The molecule has 0 aromatic heterocycles. The van der Waals surface area contributed by atoms with E-state index in [2.05, 4.69) is 0 Å². The number of hydrogen-bond acceptors (Lipinski definition) is 3. The summed E-state index contributed by atoms with van der Waals surface area (Å²) < 4.78 is 13.6. The molecular formula is C8H8FNO4. The highest BCUT2D eigenvalue weighted by Crippen LogP contribution is 2.63. The van der Waals surface area contributed by atoms with Crippen molar-refractivity contribution >= 4 is 11.9 Å². The molecule has 14 heavy (non-hydrogen) atoms. The highest BCUT2D eigenvalue weighted by Gasteiger charge is 2.80. The molecule has 0 bridgehead atoms. The van der Waals surface area contributed by atoms with Gasteiger partial charge in [0.25, 0.3) is 0 Å². The first-order chi connectivity index (χ1) is 6.35. The summed E-state index contributed by atoms with van der Waals surface area (Å²) in [6, 6.07) is 0. The predicted molar refractivity (Wildman–Crippen MR) is 42.1 cm³/mol. The average Bonchev–Trinajstić information content (AvgIpc) is 2.50. The van der Waals surface area contributed by atoms with Gasteiger partial charge in [0.2, 0.25) is 5.67 Å². The van der Waals surface area contributed by atoms with Crippen molar-refractivity contribution in [2.24, 2.45) is 17.6 Å². The molecule has 3 unspecified atom stereocenters. The van der Waals surface area contributed by atoms with Gasteiger partial charge in [-0.25, -0.2) is 14.0 Å². The van der Waals surface area contributed by atoms with Crippen molar-refractivity contribution in [1.29, 1.82) is 0 Å². The van der Waals surface area contributed by atoms with Crippen LogP contribution in [0, 0.1) is 11.8 Å². The van der Waals surface area contributed by atoms with E-state index in [4.69, 9.17) is 15.9 Å². The third-order valence-electron chi connectivity index (χ3n) is 2.98. The number of allylic oxidation sites excluding steroid dienone is 1. The molecule has 0 spiro atoms. The number of alkyl halides is 1. The summed E-state index contributed by atoms with van der Waals surface area (Å²) in [6.07, 6.45) is 2.39. The molecule has 2 aliphatic rings. The number of carboxylic acids is 2. The first-order valence-corrected chi connectivity index (χ1v) is 3.99. The van der Waals surface area contributed by atoms with Crippen LogP contribution in [0.3, 0.4) is 0 Å². The zero-order valence-corrected chi connectivity index (χ0v) is 6.98. The molecule has 1 saturated carbocycles. The minimum Gasteiger partial charge on any atom is -0.480 e. The second-order valence-corrected chi connectivity index (χ2v) is 3.67. The number of fused-ring (bicyclic) bond motifs is 1. The van der Waals surface area contributed by atoms with Gasteiger partial charge in [0.15, 0.2) is 0 Å². The van der Waals surface area contributed by atoms with Crippen LogP contribution in [0.15, 0.2) is 12.2 Å². The Bertz CT molecular complexity index is 368. The Balaban J connectivity index is 2.37. The van der Waals surface area contributed by atoms with Gasteiger partial charge in [-0.15, -0.1) is 0 Å². The number of rotatable bonds is 2. The van der Waals surface area contributed by atoms with Crippen LogP contribution in [-0.4, -0.2) is 33.4 Å². The molecule has 0 radical (unpaired) electrons. The molecule has 5 nitrogen and oxygen atoms in total. The minimum atomic E-state index is -2.50. The van der Waals surface area contributed by atoms with E-state index in [9.17, 15) is 14.0 Å². The van der Waals surface area contributed by atoms with Crippen molar-refractivity contribution in [3.63, 3.8) is 0 Å². The molecule has 0 aliphatic heterocycles. The van der Waals surface area contributed by atoms with Crippen molar-refractivity contribution in [2.75, 3.05) is 0 Å². The summed E-state index contributed by atoms with van der Waals surface area (Å²) in [7, 11) is 0. The maximum absolute atomic E-state index is 13.6. The summed E-state index contributed by atoms with van der Waals surface area (Å²) in [5.74, 6) is -5.12. The number of hydrogen-bond donors (Lipinski definition) is 3. The Morgan fingerprint density at radius 3 is 2.29 bits per heavy atom. The Hall–Kier alpha value is -1.43. The summed E-state index contributed by atoms with van der Waals surface area (Å²) in [5.41, 5.74) is 1.04. The van der Waals surface area contributed by atoms with Gasteiger partial charge >= 0.3 is 11.9 Å². The first kappa shape index (κ1) is 9.14. The lowest BCUT2D eigenvalue weighted by molar-refractivity contribution is -0.147. The molecule has 2 rings (SSSR count). The fourth-order valence-electron chi connectivity index (χ4n) is 2.12. The van der Waals surface area contributed by atoms with Gasteiger partial charge < -0.3 is 15.9 Å². The molecule has 0 aromatic carbocycles. The zero-order chi connectivity index (χ0) is 10.7. The lowest BCUT2D eigenvalue weighted by atomic mass is 9.94. The van der Waals surface area contributed by atoms with Crippen molar-refractivity contribution in [3.05, 3.63) is 12.2 Å². The minimum absolute atomic E-state index is 0.902. The van der Waals surface area contributed by atoms with Crippen LogP contribution in [0.1, 0.15) is 0 Å². The van der Waals surface area contributed by atoms with E-state index >= 15 is 0 Å². The van der Waals surface area contributed by atoms with Crippen LogP contribution in [0.2, 0.25) is 0 Å². The van der Waals surface area contributed by atoms with E-state index in [0.717, 1.165) is 6.08 Å². The van der Waals surface area contributed by atoms with Gasteiger partial charge in [-0.05, 0) is 0 Å². The summed E-state index contributed by atoms with van der Waals surface area (Å²) in [6.45, 7) is 0. The maximum Gasteiger partial charge on any atom is 0.342 e. The molecule has 76 valence electrons. The fourth-order valence-corrected chi connectivity index (χ4v) is 2.12. The normalized spacial score (nSPS) is 48.7. The Kier molecular flexibility index (Phi) is 1.40. The van der Waals surface area contributed by atoms with E-state index in [0.29, 0.717) is 0 Å². The van der Waals surface area contributed by atoms with Crippen LogP contribution in [0.4, 0.5) is 4.39 Å². The second kappa shape index (κ2) is 2.14. The van der Waals surface area contributed by atoms with E-state index in [1.54, 1.807) is 0 Å². The van der Waals surface area contributed by atoms with E-state index in [1.165, 1.54) is 6.08 Å². The van der Waals surface area contributed by atoms with Gasteiger partial charge in [0, 0.05) is 11.8 Å². The van der Waals surface area contributed by atoms with Gasteiger partial charge in [0.05, 0.1) is 0 Å². The van der Waals surface area contributed by atoms with Gasteiger partial charge in [-0.1, -0.05) is 12.2 Å². The molecular weight excluding hydrogens is 193 g/mol. The number of halogens is 1. The van der Waals surface area contributed by atoms with Crippen LogP contribution < -0.4 is 5.73 Å². The highest BCUT2D eigenvalue weighted by molar-refractivity contribution is 5.92. The topological polar surface area (TPSA) is 101 Å². The number of carboxylic acid groups (broad SMARTS) is 2. The van der Waals surface area contributed by atoms with E-state index in [1.807, 2.05) is 0 Å². The van der Waals surface area contributed by atoms with Crippen LogP contribution in [0.5, 0.6) is 0 Å². The van der Waals surface area contributed by atoms with Gasteiger partial charge in [-0.2, -0.15) is 0 Å². The fraction of sp³-hybridized carbons (Fsp3) is 0.500. The number of aliphatic carboxylic acids is 2. The molecule has 4 N–H and O–H groups in total. The molecule has 0 saturated heterocycles. The lowest BCUT2D eigenvalue weighted by Gasteiger charge is -2.19. The molecule has 0 aromatic rings. The predicted octanol–water partition coefficient (Wildman–Crippen LogP) is -0.623. The second-order valence-electron chi connectivity index (χ2n) is 3.67. The van der Waals surface area contributed by atoms with Crippen LogP contribution in [0.25, 0.3) is 0 Å².